The summed E-state index contributed by atoms with van der Waals surface area (Å²) in [5.74, 6) is 2.54. The summed E-state index contributed by atoms with van der Waals surface area (Å²) in [6.45, 7) is 3.30. The molecule has 2 N–H and O–H groups in total. The van der Waals surface area contributed by atoms with Crippen molar-refractivity contribution in [3.05, 3.63) is 23.7 Å². The van der Waals surface area contributed by atoms with Gasteiger partial charge < -0.3 is 14.8 Å². The van der Waals surface area contributed by atoms with Crippen LogP contribution < -0.4 is 5.32 Å². The Morgan fingerprint density at radius 2 is 2.38 bits per heavy atom. The average molecular weight is 223 g/mol. The standard InChI is InChI=1S/C12H17NO3/c1-8-6-10(8)11-3-2-9(16-11)7-13-5-4-12(14)15/h2-3,8,10,13H,4-7H2,1H3,(H,14,15). The summed E-state index contributed by atoms with van der Waals surface area (Å²) in [5, 5.41) is 11.5. The lowest BCUT2D eigenvalue weighted by atomic mass is 10.3. The third-order valence-corrected chi connectivity index (χ3v) is 2.97. The summed E-state index contributed by atoms with van der Waals surface area (Å²) >= 11 is 0. The number of carboxylic acid groups (broad SMARTS) is 1. The van der Waals surface area contributed by atoms with Gasteiger partial charge in [-0.05, 0) is 24.5 Å². The average Bonchev–Trinajstić information content (AvgIpc) is 2.79. The molecule has 4 nitrogen and oxygen atoms in total. The Bertz CT molecular complexity index is 372. The Balaban J connectivity index is 1.73. The van der Waals surface area contributed by atoms with E-state index in [4.69, 9.17) is 9.52 Å². The maximum Gasteiger partial charge on any atom is 0.304 e. The van der Waals surface area contributed by atoms with Crippen LogP contribution >= 0.6 is 0 Å². The Labute approximate surface area is 94.6 Å². The van der Waals surface area contributed by atoms with Crippen molar-refractivity contribution in [1.29, 1.82) is 0 Å². The van der Waals surface area contributed by atoms with Crippen molar-refractivity contribution in [2.45, 2.75) is 32.2 Å². The van der Waals surface area contributed by atoms with Crippen molar-refractivity contribution in [3.63, 3.8) is 0 Å². The van der Waals surface area contributed by atoms with Crippen LogP contribution in [-0.2, 0) is 11.3 Å². The minimum absolute atomic E-state index is 0.146. The highest BCUT2D eigenvalue weighted by atomic mass is 16.4. The van der Waals surface area contributed by atoms with Gasteiger partial charge in [0.1, 0.15) is 11.5 Å². The molecule has 0 aromatic carbocycles. The third-order valence-electron chi connectivity index (χ3n) is 2.97. The molecule has 1 saturated carbocycles. The largest absolute Gasteiger partial charge is 0.481 e. The topological polar surface area (TPSA) is 62.5 Å². The van der Waals surface area contributed by atoms with Crippen LogP contribution in [0.25, 0.3) is 0 Å². The molecule has 1 aromatic rings. The summed E-state index contributed by atoms with van der Waals surface area (Å²) in [6.07, 6.45) is 1.37. The van der Waals surface area contributed by atoms with Crippen molar-refractivity contribution in [3.8, 4) is 0 Å². The first-order chi connectivity index (χ1) is 7.66. The van der Waals surface area contributed by atoms with E-state index in [9.17, 15) is 4.79 Å². The number of hydrogen-bond donors (Lipinski definition) is 2. The van der Waals surface area contributed by atoms with Crippen LogP contribution in [0.5, 0.6) is 0 Å². The van der Waals surface area contributed by atoms with E-state index in [0.717, 1.165) is 17.4 Å². The molecular formula is C12H17NO3. The van der Waals surface area contributed by atoms with Crippen LogP contribution in [0.1, 0.15) is 37.2 Å². The lowest BCUT2D eigenvalue weighted by Crippen LogP contribution is -2.17. The lowest BCUT2D eigenvalue weighted by Gasteiger charge is -1.99. The summed E-state index contributed by atoms with van der Waals surface area (Å²) < 4.78 is 5.68. The van der Waals surface area contributed by atoms with Gasteiger partial charge in [-0.1, -0.05) is 6.92 Å². The predicted molar refractivity (Wildman–Crippen MR) is 59.2 cm³/mol. The second kappa shape index (κ2) is 4.70. The Morgan fingerprint density at radius 3 is 3.00 bits per heavy atom. The first-order valence-corrected chi connectivity index (χ1v) is 5.68. The maximum absolute atomic E-state index is 10.3. The number of carboxylic acids is 1. The van der Waals surface area contributed by atoms with Crippen molar-refractivity contribution in [2.75, 3.05) is 6.54 Å². The molecule has 0 amide bonds. The van der Waals surface area contributed by atoms with Gasteiger partial charge in [-0.3, -0.25) is 4.79 Å². The first kappa shape index (κ1) is 11.2. The summed E-state index contributed by atoms with van der Waals surface area (Å²) in [4.78, 5) is 10.3. The number of rotatable bonds is 6. The molecule has 0 radical (unpaired) electrons. The van der Waals surface area contributed by atoms with Gasteiger partial charge in [0.25, 0.3) is 0 Å². The smallest absolute Gasteiger partial charge is 0.304 e. The molecule has 1 fully saturated rings. The summed E-state index contributed by atoms with van der Waals surface area (Å²) in [7, 11) is 0. The number of carbonyl (C=O) groups is 1. The minimum atomic E-state index is -0.778. The molecule has 1 aliphatic rings. The van der Waals surface area contributed by atoms with E-state index in [1.165, 1.54) is 6.42 Å². The van der Waals surface area contributed by atoms with Gasteiger partial charge in [0, 0.05) is 12.5 Å². The molecule has 2 rings (SSSR count). The second-order valence-electron chi connectivity index (χ2n) is 4.44. The van der Waals surface area contributed by atoms with E-state index in [1.807, 2.05) is 12.1 Å². The number of aliphatic carboxylic acids is 1. The number of nitrogens with one attached hydrogen (secondary N) is 1. The minimum Gasteiger partial charge on any atom is -0.481 e. The fraction of sp³-hybridized carbons (Fsp3) is 0.583. The molecular weight excluding hydrogens is 206 g/mol. The molecule has 16 heavy (non-hydrogen) atoms. The quantitative estimate of drug-likeness (QED) is 0.724. The molecule has 88 valence electrons. The van der Waals surface area contributed by atoms with Crippen molar-refractivity contribution in [1.82, 2.24) is 5.32 Å². The van der Waals surface area contributed by atoms with Gasteiger partial charge in [0.15, 0.2) is 0 Å². The van der Waals surface area contributed by atoms with Crippen molar-refractivity contribution >= 4 is 5.97 Å². The molecule has 2 unspecified atom stereocenters. The fourth-order valence-electron chi connectivity index (χ4n) is 1.81. The van der Waals surface area contributed by atoms with E-state index in [0.29, 0.717) is 19.0 Å². The highest BCUT2D eigenvalue weighted by Gasteiger charge is 2.36. The molecule has 1 heterocycles. The SMILES string of the molecule is CC1CC1c1ccc(CNCCC(=O)O)o1. The van der Waals surface area contributed by atoms with Crippen LogP contribution in [0.15, 0.2) is 16.5 Å². The molecule has 1 aromatic heterocycles. The number of hydrogen-bond acceptors (Lipinski definition) is 3. The van der Waals surface area contributed by atoms with Crippen molar-refractivity contribution in [2.24, 2.45) is 5.92 Å². The van der Waals surface area contributed by atoms with Crippen LogP contribution in [0.3, 0.4) is 0 Å². The maximum atomic E-state index is 10.3. The third kappa shape index (κ3) is 2.85. The van der Waals surface area contributed by atoms with Gasteiger partial charge in [0.2, 0.25) is 0 Å². The van der Waals surface area contributed by atoms with E-state index in [-0.39, 0.29) is 6.42 Å². The Kier molecular flexibility index (Phi) is 3.29. The van der Waals surface area contributed by atoms with E-state index in [1.54, 1.807) is 0 Å². The van der Waals surface area contributed by atoms with Gasteiger partial charge in [-0.15, -0.1) is 0 Å². The molecule has 4 heteroatoms. The van der Waals surface area contributed by atoms with Gasteiger partial charge in [-0.25, -0.2) is 0 Å². The predicted octanol–water partition coefficient (Wildman–Crippen LogP) is 1.97. The van der Waals surface area contributed by atoms with E-state index >= 15 is 0 Å². The summed E-state index contributed by atoms with van der Waals surface area (Å²) in [6, 6.07) is 4.00. The lowest BCUT2D eigenvalue weighted by molar-refractivity contribution is -0.136. The molecule has 0 spiro atoms. The van der Waals surface area contributed by atoms with E-state index in [2.05, 4.69) is 12.2 Å². The zero-order valence-corrected chi connectivity index (χ0v) is 9.40. The van der Waals surface area contributed by atoms with Crippen LogP contribution in [0.4, 0.5) is 0 Å². The molecule has 2 atom stereocenters. The highest BCUT2D eigenvalue weighted by Crippen LogP contribution is 2.47. The molecule has 0 aliphatic heterocycles. The van der Waals surface area contributed by atoms with Crippen LogP contribution in [0.2, 0.25) is 0 Å². The molecule has 0 bridgehead atoms. The van der Waals surface area contributed by atoms with E-state index < -0.39 is 5.97 Å². The zero-order chi connectivity index (χ0) is 11.5. The number of furan rings is 1. The van der Waals surface area contributed by atoms with Gasteiger partial charge in [-0.2, -0.15) is 0 Å². The zero-order valence-electron chi connectivity index (χ0n) is 9.40. The van der Waals surface area contributed by atoms with Crippen molar-refractivity contribution < 1.29 is 14.3 Å². The second-order valence-corrected chi connectivity index (χ2v) is 4.44. The molecule has 0 saturated heterocycles. The Hall–Kier alpha value is -1.29. The monoisotopic (exact) mass is 223 g/mol. The Morgan fingerprint density at radius 1 is 1.62 bits per heavy atom. The normalized spacial score (nSPS) is 23.3. The van der Waals surface area contributed by atoms with Crippen LogP contribution in [0, 0.1) is 5.92 Å². The highest BCUT2D eigenvalue weighted by molar-refractivity contribution is 5.66. The first-order valence-electron chi connectivity index (χ1n) is 5.68. The van der Waals surface area contributed by atoms with Gasteiger partial charge >= 0.3 is 5.97 Å². The van der Waals surface area contributed by atoms with Crippen LogP contribution in [-0.4, -0.2) is 17.6 Å². The van der Waals surface area contributed by atoms with Gasteiger partial charge in [0.05, 0.1) is 13.0 Å². The molecule has 1 aliphatic carbocycles. The fourth-order valence-corrected chi connectivity index (χ4v) is 1.81. The summed E-state index contributed by atoms with van der Waals surface area (Å²) in [5.41, 5.74) is 0.